The third-order valence-corrected chi connectivity index (χ3v) is 6.21. The van der Waals surface area contributed by atoms with Gasteiger partial charge in [0.05, 0.1) is 0 Å². The molecule has 1 aromatic carbocycles. The zero-order chi connectivity index (χ0) is 15.8. The minimum Gasteiger partial charge on any atom is -0.316 e. The molecule has 3 nitrogen and oxygen atoms in total. The summed E-state index contributed by atoms with van der Waals surface area (Å²) in [6.45, 7) is 3.97. The number of aliphatic imine (C=N–C) groups is 1. The Morgan fingerprint density at radius 2 is 2.04 bits per heavy atom. The lowest BCUT2D eigenvalue weighted by Gasteiger charge is -2.43. The van der Waals surface area contributed by atoms with Crippen molar-refractivity contribution in [1.82, 2.24) is 5.32 Å². The normalized spacial score (nSPS) is 36.0. The van der Waals surface area contributed by atoms with Crippen molar-refractivity contribution in [3.63, 3.8) is 0 Å². The molecule has 0 bridgehead atoms. The van der Waals surface area contributed by atoms with Crippen LogP contribution in [0, 0.1) is 23.7 Å². The lowest BCUT2D eigenvalue weighted by molar-refractivity contribution is -0.118. The molecule has 122 valence electrons. The number of Topliss-reactive ketones (excluding diaryl/α,β-unsaturated/α-hetero) is 1. The van der Waals surface area contributed by atoms with Crippen LogP contribution in [0.4, 0.5) is 0 Å². The van der Waals surface area contributed by atoms with Gasteiger partial charge in [-0.3, -0.25) is 9.79 Å². The molecule has 3 heteroatoms. The second-order valence-corrected chi connectivity index (χ2v) is 7.57. The van der Waals surface area contributed by atoms with Gasteiger partial charge in [0.15, 0.2) is 5.78 Å². The zero-order valence-corrected chi connectivity index (χ0v) is 13.9. The predicted octanol–water partition coefficient (Wildman–Crippen LogP) is 2.89. The van der Waals surface area contributed by atoms with Gasteiger partial charge in [0.2, 0.25) is 0 Å². The Balaban J connectivity index is 1.63. The monoisotopic (exact) mass is 310 g/mol. The molecule has 1 N–H and O–H groups in total. The zero-order valence-electron chi connectivity index (χ0n) is 13.9. The molecule has 4 rings (SSSR count). The number of carbonyl (C=O) groups is 1. The van der Waals surface area contributed by atoms with E-state index >= 15 is 0 Å². The van der Waals surface area contributed by atoms with Crippen molar-refractivity contribution < 1.29 is 4.79 Å². The molecule has 23 heavy (non-hydrogen) atoms. The molecule has 1 saturated heterocycles. The van der Waals surface area contributed by atoms with E-state index in [0.717, 1.165) is 44.7 Å². The summed E-state index contributed by atoms with van der Waals surface area (Å²) in [6.07, 6.45) is 4.35. The predicted molar refractivity (Wildman–Crippen MR) is 92.7 cm³/mol. The van der Waals surface area contributed by atoms with Crippen LogP contribution < -0.4 is 5.32 Å². The maximum Gasteiger partial charge on any atom is 0.154 e. The minimum atomic E-state index is -0.0652. The Labute approximate surface area is 138 Å². The minimum absolute atomic E-state index is 0.0652. The number of fused-ring (bicyclic) bond motifs is 2. The summed E-state index contributed by atoms with van der Waals surface area (Å²) in [5.41, 5.74) is 2.79. The van der Waals surface area contributed by atoms with Gasteiger partial charge in [-0.2, -0.15) is 0 Å². The number of ketones is 1. The van der Waals surface area contributed by atoms with Crippen LogP contribution in [-0.2, 0) is 11.2 Å². The van der Waals surface area contributed by atoms with E-state index < -0.39 is 0 Å². The summed E-state index contributed by atoms with van der Waals surface area (Å²) in [6, 6.07) is 10.8. The fraction of sp³-hybridized carbons (Fsp3) is 0.600. The quantitative estimate of drug-likeness (QED) is 0.932. The highest BCUT2D eigenvalue weighted by molar-refractivity contribution is 5.93. The molecule has 1 aromatic rings. The first-order valence-electron chi connectivity index (χ1n) is 9.04. The second-order valence-electron chi connectivity index (χ2n) is 7.57. The van der Waals surface area contributed by atoms with Crippen molar-refractivity contribution >= 4 is 11.5 Å². The van der Waals surface area contributed by atoms with Gasteiger partial charge in [0, 0.05) is 11.6 Å². The van der Waals surface area contributed by atoms with Crippen molar-refractivity contribution in [2.75, 3.05) is 13.1 Å². The standard InChI is InChI=1S/C20H26N2O/c1-13(23)19-8-7-16-17(9-14-5-3-2-4-6-14)18-12-21-11-15(18)10-20(16)22-19/h2-6,15-19,21H,7-12H2,1H3/t15-,16?,17?,18-,19?/m1/s1. The molecule has 2 fully saturated rings. The van der Waals surface area contributed by atoms with Crippen LogP contribution in [0.25, 0.3) is 0 Å². The van der Waals surface area contributed by atoms with E-state index in [1.165, 1.54) is 11.3 Å². The summed E-state index contributed by atoms with van der Waals surface area (Å²) in [5, 5.41) is 3.60. The van der Waals surface area contributed by atoms with Crippen molar-refractivity contribution in [2.24, 2.45) is 28.7 Å². The highest BCUT2D eigenvalue weighted by Crippen LogP contribution is 2.44. The van der Waals surface area contributed by atoms with Gasteiger partial charge in [0.25, 0.3) is 0 Å². The highest BCUT2D eigenvalue weighted by atomic mass is 16.1. The molecule has 0 aromatic heterocycles. The van der Waals surface area contributed by atoms with E-state index in [-0.39, 0.29) is 11.8 Å². The van der Waals surface area contributed by atoms with Crippen molar-refractivity contribution in [1.29, 1.82) is 0 Å². The van der Waals surface area contributed by atoms with Gasteiger partial charge in [-0.1, -0.05) is 30.3 Å². The average molecular weight is 310 g/mol. The van der Waals surface area contributed by atoms with E-state index in [0.29, 0.717) is 17.8 Å². The second kappa shape index (κ2) is 6.20. The molecule has 5 atom stereocenters. The van der Waals surface area contributed by atoms with E-state index in [4.69, 9.17) is 4.99 Å². The van der Waals surface area contributed by atoms with Crippen LogP contribution >= 0.6 is 0 Å². The number of hydrogen-bond acceptors (Lipinski definition) is 3. The first-order valence-corrected chi connectivity index (χ1v) is 9.04. The third-order valence-electron chi connectivity index (χ3n) is 6.21. The van der Waals surface area contributed by atoms with Gasteiger partial charge >= 0.3 is 0 Å². The van der Waals surface area contributed by atoms with Gasteiger partial charge < -0.3 is 5.32 Å². The van der Waals surface area contributed by atoms with Crippen molar-refractivity contribution in [3.8, 4) is 0 Å². The molecular formula is C20H26N2O. The van der Waals surface area contributed by atoms with Gasteiger partial charge in [-0.25, -0.2) is 0 Å². The topological polar surface area (TPSA) is 41.5 Å². The van der Waals surface area contributed by atoms with Crippen LogP contribution in [0.2, 0.25) is 0 Å². The Kier molecular flexibility index (Phi) is 4.06. The van der Waals surface area contributed by atoms with Crippen LogP contribution in [0.1, 0.15) is 31.7 Å². The van der Waals surface area contributed by atoms with Crippen LogP contribution in [0.5, 0.6) is 0 Å². The van der Waals surface area contributed by atoms with E-state index in [1.54, 1.807) is 6.92 Å². The summed E-state index contributed by atoms with van der Waals surface area (Å²) in [5.74, 6) is 2.99. The van der Waals surface area contributed by atoms with Crippen LogP contribution in [-0.4, -0.2) is 30.6 Å². The van der Waals surface area contributed by atoms with E-state index in [1.807, 2.05) is 0 Å². The molecule has 1 aliphatic carbocycles. The Morgan fingerprint density at radius 1 is 1.22 bits per heavy atom. The Hall–Kier alpha value is -1.48. The molecule has 0 spiro atoms. The maximum atomic E-state index is 11.8. The lowest BCUT2D eigenvalue weighted by Crippen LogP contribution is -2.44. The van der Waals surface area contributed by atoms with Gasteiger partial charge in [-0.15, -0.1) is 0 Å². The third kappa shape index (κ3) is 2.87. The highest BCUT2D eigenvalue weighted by Gasteiger charge is 2.46. The largest absolute Gasteiger partial charge is 0.316 e. The smallest absolute Gasteiger partial charge is 0.154 e. The summed E-state index contributed by atoms with van der Waals surface area (Å²) >= 11 is 0. The molecule has 0 radical (unpaired) electrons. The first-order chi connectivity index (χ1) is 11.2. The Morgan fingerprint density at radius 3 is 2.83 bits per heavy atom. The fourth-order valence-corrected chi connectivity index (χ4v) is 5.05. The van der Waals surface area contributed by atoms with E-state index in [2.05, 4.69) is 35.6 Å². The van der Waals surface area contributed by atoms with Gasteiger partial charge in [-0.05, 0) is 69.0 Å². The average Bonchev–Trinajstić information content (AvgIpc) is 3.03. The van der Waals surface area contributed by atoms with E-state index in [9.17, 15) is 4.79 Å². The summed E-state index contributed by atoms with van der Waals surface area (Å²) in [7, 11) is 0. The molecule has 3 aliphatic rings. The molecule has 2 aliphatic heterocycles. The molecule has 3 unspecified atom stereocenters. The summed E-state index contributed by atoms with van der Waals surface area (Å²) in [4.78, 5) is 16.6. The van der Waals surface area contributed by atoms with Crippen molar-refractivity contribution in [3.05, 3.63) is 35.9 Å². The van der Waals surface area contributed by atoms with Crippen LogP contribution in [0.15, 0.2) is 35.3 Å². The van der Waals surface area contributed by atoms with Gasteiger partial charge in [0.1, 0.15) is 6.04 Å². The SMILES string of the molecule is CC(=O)C1CCC2C(=N1)C[C@@H]1CNC[C@H]1C2Cc1ccccc1. The molecule has 0 amide bonds. The Bertz CT molecular complexity index is 609. The number of nitrogens with zero attached hydrogens (tertiary/aromatic N) is 1. The number of benzene rings is 1. The van der Waals surface area contributed by atoms with Crippen LogP contribution in [0.3, 0.4) is 0 Å². The number of rotatable bonds is 3. The molecular weight excluding hydrogens is 284 g/mol. The molecule has 1 saturated carbocycles. The lowest BCUT2D eigenvalue weighted by atomic mass is 9.62. The molecule has 2 heterocycles. The first kappa shape index (κ1) is 15.1. The number of nitrogens with one attached hydrogen (secondary N) is 1. The fourth-order valence-electron chi connectivity index (χ4n) is 5.05. The number of hydrogen-bond donors (Lipinski definition) is 1. The summed E-state index contributed by atoms with van der Waals surface area (Å²) < 4.78 is 0. The number of carbonyl (C=O) groups excluding carboxylic acids is 1. The maximum absolute atomic E-state index is 11.8. The van der Waals surface area contributed by atoms with Crippen molar-refractivity contribution in [2.45, 2.75) is 38.6 Å².